The van der Waals surface area contributed by atoms with Crippen LogP contribution in [0.1, 0.15) is 57.9 Å². The van der Waals surface area contributed by atoms with Crippen LogP contribution >= 0.6 is 0 Å². The third kappa shape index (κ3) is 2.46. The first-order valence-corrected chi connectivity index (χ1v) is 8.87. The van der Waals surface area contributed by atoms with Crippen molar-refractivity contribution in [3.63, 3.8) is 0 Å². The van der Waals surface area contributed by atoms with Crippen molar-refractivity contribution in [1.29, 1.82) is 0 Å². The Morgan fingerprint density at radius 1 is 1.05 bits per heavy atom. The zero-order chi connectivity index (χ0) is 15.4. The Kier molecular flexibility index (Phi) is 3.14. The molecule has 1 aromatic carbocycles. The lowest BCUT2D eigenvalue weighted by Crippen LogP contribution is -2.57. The fraction of sp³-hybridized carbons (Fsp3) is 0.700. The largest absolute Gasteiger partial charge is 0.508 e. The van der Waals surface area contributed by atoms with Crippen molar-refractivity contribution in [2.75, 3.05) is 6.54 Å². The number of phenols is 1. The van der Waals surface area contributed by atoms with Gasteiger partial charge in [-0.1, -0.05) is 32.0 Å². The van der Waals surface area contributed by atoms with Gasteiger partial charge in [-0.3, -0.25) is 0 Å². The van der Waals surface area contributed by atoms with Crippen molar-refractivity contribution >= 4 is 0 Å². The third-order valence-electron chi connectivity index (χ3n) is 6.55. The summed E-state index contributed by atoms with van der Waals surface area (Å²) >= 11 is 0. The van der Waals surface area contributed by atoms with Crippen LogP contribution in [0.2, 0.25) is 0 Å². The Bertz CT molecular complexity index is 563. The van der Waals surface area contributed by atoms with Crippen molar-refractivity contribution in [2.45, 2.75) is 58.9 Å². The van der Waals surface area contributed by atoms with Crippen molar-refractivity contribution in [3.8, 4) is 5.75 Å². The van der Waals surface area contributed by atoms with E-state index in [2.05, 4.69) is 19.2 Å². The van der Waals surface area contributed by atoms with E-state index in [4.69, 9.17) is 0 Å². The maximum atomic E-state index is 9.91. The van der Waals surface area contributed by atoms with E-state index in [0.29, 0.717) is 22.0 Å². The first kappa shape index (κ1) is 14.6. The van der Waals surface area contributed by atoms with Gasteiger partial charge < -0.3 is 10.4 Å². The molecular weight excluding hydrogens is 270 g/mol. The minimum Gasteiger partial charge on any atom is -0.508 e. The van der Waals surface area contributed by atoms with Crippen LogP contribution in [0.3, 0.4) is 0 Å². The van der Waals surface area contributed by atoms with Crippen molar-refractivity contribution < 1.29 is 5.11 Å². The van der Waals surface area contributed by atoms with Gasteiger partial charge in [0.2, 0.25) is 0 Å². The van der Waals surface area contributed by atoms with Crippen LogP contribution in [-0.4, -0.2) is 11.7 Å². The Balaban J connectivity index is 1.46. The standard InChI is InChI=1S/C20H29NO/c1-18-7-15-8-19(2,11-18)13-20(9-15,12-18)14-21-10-16-5-3-4-6-17(16)22/h3-6,15,21-22H,7-14H2,1-2H3/t15?,18-,19+,20?. The van der Waals surface area contributed by atoms with Gasteiger partial charge in [-0.25, -0.2) is 0 Å². The second-order valence-corrected chi connectivity index (χ2v) is 9.36. The zero-order valence-corrected chi connectivity index (χ0v) is 14.0. The predicted octanol–water partition coefficient (Wildman–Crippen LogP) is 4.48. The fourth-order valence-electron chi connectivity index (χ4n) is 7.00. The molecule has 4 aliphatic rings. The van der Waals surface area contributed by atoms with Crippen LogP contribution in [0.5, 0.6) is 5.75 Å². The lowest BCUT2D eigenvalue weighted by atomic mass is 9.40. The average Bonchev–Trinajstić information content (AvgIpc) is 2.36. The van der Waals surface area contributed by atoms with Gasteiger partial charge in [-0.2, -0.15) is 0 Å². The van der Waals surface area contributed by atoms with Crippen LogP contribution in [0.4, 0.5) is 0 Å². The van der Waals surface area contributed by atoms with Gasteiger partial charge in [0.1, 0.15) is 5.75 Å². The summed E-state index contributed by atoms with van der Waals surface area (Å²) in [5, 5.41) is 13.6. The lowest BCUT2D eigenvalue weighted by molar-refractivity contribution is -0.143. The maximum Gasteiger partial charge on any atom is 0.120 e. The Morgan fingerprint density at radius 2 is 1.73 bits per heavy atom. The van der Waals surface area contributed by atoms with Crippen molar-refractivity contribution in [1.82, 2.24) is 5.32 Å². The van der Waals surface area contributed by atoms with Gasteiger partial charge in [0.15, 0.2) is 0 Å². The van der Waals surface area contributed by atoms with Crippen molar-refractivity contribution in [2.24, 2.45) is 22.2 Å². The van der Waals surface area contributed by atoms with E-state index in [9.17, 15) is 5.11 Å². The molecule has 2 heteroatoms. The minimum atomic E-state index is 0.416. The number of rotatable bonds is 4. The fourth-order valence-corrected chi connectivity index (χ4v) is 7.00. The smallest absolute Gasteiger partial charge is 0.120 e. The predicted molar refractivity (Wildman–Crippen MR) is 89.7 cm³/mol. The number of phenolic OH excluding ortho intramolecular Hbond substituents is 1. The van der Waals surface area contributed by atoms with Crippen LogP contribution in [-0.2, 0) is 6.54 Å². The molecule has 4 saturated carbocycles. The summed E-state index contributed by atoms with van der Waals surface area (Å²) in [5.74, 6) is 1.37. The van der Waals surface area contributed by atoms with E-state index < -0.39 is 0 Å². The molecule has 0 amide bonds. The van der Waals surface area contributed by atoms with Gasteiger partial charge in [0.05, 0.1) is 0 Å². The van der Waals surface area contributed by atoms with Crippen LogP contribution < -0.4 is 5.32 Å². The minimum absolute atomic E-state index is 0.416. The molecule has 2 N–H and O–H groups in total. The molecule has 2 unspecified atom stereocenters. The monoisotopic (exact) mass is 299 g/mol. The summed E-state index contributed by atoms with van der Waals surface area (Å²) in [7, 11) is 0. The number of hydrogen-bond acceptors (Lipinski definition) is 2. The Labute approximate surface area is 134 Å². The van der Waals surface area contributed by atoms with E-state index in [1.54, 1.807) is 6.07 Å². The molecular formula is C20H29NO. The molecule has 0 heterocycles. The summed E-state index contributed by atoms with van der Waals surface area (Å²) in [6.45, 7) is 6.97. The van der Waals surface area contributed by atoms with E-state index in [1.807, 2.05) is 18.2 Å². The van der Waals surface area contributed by atoms with Gasteiger partial charge in [0, 0.05) is 18.7 Å². The molecule has 22 heavy (non-hydrogen) atoms. The maximum absolute atomic E-state index is 9.91. The average molecular weight is 299 g/mol. The number of hydrogen-bond donors (Lipinski definition) is 2. The molecule has 4 atom stereocenters. The SMILES string of the molecule is C[C@]12CC3CC(CNCc4ccccc4O)(C1)C[C@@](C)(C3)C2. The molecule has 0 spiro atoms. The number of aromatic hydroxyl groups is 1. The molecule has 120 valence electrons. The van der Waals surface area contributed by atoms with Crippen LogP contribution in [0.15, 0.2) is 24.3 Å². The topological polar surface area (TPSA) is 32.3 Å². The van der Waals surface area contributed by atoms with Gasteiger partial charge >= 0.3 is 0 Å². The second-order valence-electron chi connectivity index (χ2n) is 9.36. The van der Waals surface area contributed by atoms with Gasteiger partial charge in [0.25, 0.3) is 0 Å². The Morgan fingerprint density at radius 3 is 2.36 bits per heavy atom. The highest BCUT2D eigenvalue weighted by Crippen LogP contribution is 2.69. The molecule has 4 bridgehead atoms. The quantitative estimate of drug-likeness (QED) is 0.859. The summed E-state index contributed by atoms with van der Waals surface area (Å²) < 4.78 is 0. The van der Waals surface area contributed by atoms with Crippen molar-refractivity contribution in [3.05, 3.63) is 29.8 Å². The van der Waals surface area contributed by atoms with E-state index in [1.165, 1.54) is 38.5 Å². The first-order chi connectivity index (χ1) is 10.4. The van der Waals surface area contributed by atoms with E-state index in [-0.39, 0.29) is 0 Å². The molecule has 2 nitrogen and oxygen atoms in total. The summed E-state index contributed by atoms with van der Waals surface area (Å²) in [6, 6.07) is 7.69. The highest BCUT2D eigenvalue weighted by atomic mass is 16.3. The molecule has 4 aliphatic carbocycles. The molecule has 0 aromatic heterocycles. The third-order valence-corrected chi connectivity index (χ3v) is 6.55. The second kappa shape index (κ2) is 4.74. The number of benzene rings is 1. The normalized spacial score (nSPS) is 42.7. The summed E-state index contributed by atoms with van der Waals surface area (Å²) in [5.41, 5.74) is 2.70. The Hall–Kier alpha value is -1.02. The van der Waals surface area contributed by atoms with Crippen LogP contribution in [0, 0.1) is 22.2 Å². The van der Waals surface area contributed by atoms with Crippen LogP contribution in [0.25, 0.3) is 0 Å². The van der Waals surface area contributed by atoms with E-state index in [0.717, 1.165) is 24.6 Å². The lowest BCUT2D eigenvalue weighted by Gasteiger charge is -2.65. The molecule has 1 aromatic rings. The molecule has 0 aliphatic heterocycles. The first-order valence-electron chi connectivity index (χ1n) is 8.87. The molecule has 4 fully saturated rings. The molecule has 0 saturated heterocycles. The number of nitrogens with one attached hydrogen (secondary N) is 1. The van der Waals surface area contributed by atoms with Gasteiger partial charge in [-0.15, -0.1) is 0 Å². The molecule has 5 rings (SSSR count). The highest BCUT2D eigenvalue weighted by Gasteiger charge is 2.59. The summed E-state index contributed by atoms with van der Waals surface area (Å²) in [6.07, 6.45) is 8.59. The number of para-hydroxylation sites is 1. The van der Waals surface area contributed by atoms with Gasteiger partial charge in [-0.05, 0) is 66.8 Å². The zero-order valence-electron chi connectivity index (χ0n) is 14.0. The summed E-state index contributed by atoms with van der Waals surface area (Å²) in [4.78, 5) is 0. The van der Waals surface area contributed by atoms with E-state index >= 15 is 0 Å². The highest BCUT2D eigenvalue weighted by molar-refractivity contribution is 5.31. The molecule has 0 radical (unpaired) electrons.